The van der Waals surface area contributed by atoms with Crippen LogP contribution >= 0.6 is 0 Å². The van der Waals surface area contributed by atoms with Crippen molar-refractivity contribution in [3.05, 3.63) is 36.2 Å². The molecule has 1 aromatic carbocycles. The summed E-state index contributed by atoms with van der Waals surface area (Å²) >= 11 is 0. The predicted octanol–water partition coefficient (Wildman–Crippen LogP) is 0.253. The summed E-state index contributed by atoms with van der Waals surface area (Å²) in [6.07, 6.45) is 0. The van der Waals surface area contributed by atoms with Gasteiger partial charge in [0.2, 0.25) is 11.8 Å². The highest BCUT2D eigenvalue weighted by Gasteiger charge is 2.10. The van der Waals surface area contributed by atoms with E-state index in [4.69, 9.17) is 5.73 Å². The van der Waals surface area contributed by atoms with Crippen molar-refractivity contribution >= 4 is 17.5 Å². The summed E-state index contributed by atoms with van der Waals surface area (Å²) in [7, 11) is 1.97. The van der Waals surface area contributed by atoms with Crippen molar-refractivity contribution in [1.82, 2.24) is 20.5 Å². The highest BCUT2D eigenvalue weighted by molar-refractivity contribution is 5.90. The van der Waals surface area contributed by atoms with Crippen LogP contribution in [-0.2, 0) is 0 Å². The number of aromatic nitrogens is 3. The van der Waals surface area contributed by atoms with Gasteiger partial charge in [-0.05, 0) is 12.1 Å². The third-order valence-corrected chi connectivity index (χ3v) is 2.65. The predicted molar refractivity (Wildman–Crippen MR) is 72.8 cm³/mol. The molecule has 0 saturated heterocycles. The standard InChI is InChI=1S/C12H16N6O/c1-18(9-5-3-2-4-6-9)8-7-14-11(19)10-15-12(13)17-16-10/h2-6H,7-8H2,1H3,(H,14,19)(H3,13,15,16,17). The van der Waals surface area contributed by atoms with E-state index in [1.165, 1.54) is 0 Å². The number of amides is 1. The molecular weight excluding hydrogens is 244 g/mol. The molecule has 100 valence electrons. The molecule has 0 aliphatic rings. The number of nitrogen functional groups attached to an aromatic ring is 1. The van der Waals surface area contributed by atoms with Gasteiger partial charge in [-0.3, -0.25) is 9.89 Å². The van der Waals surface area contributed by atoms with E-state index in [2.05, 4.69) is 25.4 Å². The van der Waals surface area contributed by atoms with Gasteiger partial charge in [-0.2, -0.15) is 4.98 Å². The number of nitrogens with two attached hydrogens (primary N) is 1. The lowest BCUT2D eigenvalue weighted by Crippen LogP contribution is -2.33. The van der Waals surface area contributed by atoms with Gasteiger partial charge in [0, 0.05) is 25.8 Å². The second-order valence-electron chi connectivity index (χ2n) is 4.06. The number of benzene rings is 1. The number of carbonyl (C=O) groups is 1. The van der Waals surface area contributed by atoms with E-state index in [-0.39, 0.29) is 17.7 Å². The molecule has 0 bridgehead atoms. The smallest absolute Gasteiger partial charge is 0.288 e. The first kappa shape index (κ1) is 12.9. The summed E-state index contributed by atoms with van der Waals surface area (Å²) in [5.74, 6) is -0.128. The van der Waals surface area contributed by atoms with Gasteiger partial charge in [-0.15, -0.1) is 5.10 Å². The Bertz CT molecular complexity index is 538. The van der Waals surface area contributed by atoms with E-state index >= 15 is 0 Å². The van der Waals surface area contributed by atoms with E-state index in [1.54, 1.807) is 0 Å². The normalized spacial score (nSPS) is 10.2. The van der Waals surface area contributed by atoms with Crippen molar-refractivity contribution in [3.63, 3.8) is 0 Å². The lowest BCUT2D eigenvalue weighted by atomic mass is 10.3. The van der Waals surface area contributed by atoms with Crippen LogP contribution in [0.25, 0.3) is 0 Å². The Labute approximate surface area is 110 Å². The second-order valence-corrected chi connectivity index (χ2v) is 4.06. The molecule has 0 atom stereocenters. The lowest BCUT2D eigenvalue weighted by molar-refractivity contribution is 0.0945. The number of likely N-dealkylation sites (N-methyl/N-ethyl adjacent to an activating group) is 1. The van der Waals surface area contributed by atoms with Crippen molar-refractivity contribution in [2.24, 2.45) is 0 Å². The molecule has 1 amide bonds. The maximum absolute atomic E-state index is 11.7. The van der Waals surface area contributed by atoms with Crippen LogP contribution in [0.2, 0.25) is 0 Å². The first-order valence-corrected chi connectivity index (χ1v) is 5.89. The van der Waals surface area contributed by atoms with Crippen LogP contribution < -0.4 is 16.0 Å². The average Bonchev–Trinajstić information content (AvgIpc) is 2.86. The van der Waals surface area contributed by atoms with Gasteiger partial charge in [0.1, 0.15) is 0 Å². The summed E-state index contributed by atoms with van der Waals surface area (Å²) in [6, 6.07) is 9.94. The van der Waals surface area contributed by atoms with Gasteiger partial charge < -0.3 is 16.0 Å². The highest BCUT2D eigenvalue weighted by atomic mass is 16.2. The molecule has 0 saturated carbocycles. The average molecular weight is 260 g/mol. The monoisotopic (exact) mass is 260 g/mol. The van der Waals surface area contributed by atoms with E-state index in [1.807, 2.05) is 37.4 Å². The maximum Gasteiger partial charge on any atom is 0.288 e. The molecule has 0 spiro atoms. The molecule has 4 N–H and O–H groups in total. The maximum atomic E-state index is 11.7. The Balaban J connectivity index is 1.79. The number of carbonyl (C=O) groups excluding carboxylic acids is 1. The molecule has 0 aliphatic heterocycles. The summed E-state index contributed by atoms with van der Waals surface area (Å²) in [4.78, 5) is 17.5. The first-order chi connectivity index (χ1) is 9.16. The summed E-state index contributed by atoms with van der Waals surface area (Å²) in [5.41, 5.74) is 6.43. The molecule has 0 unspecified atom stereocenters. The molecule has 0 fully saturated rings. The third kappa shape index (κ3) is 3.44. The van der Waals surface area contributed by atoms with Crippen molar-refractivity contribution in [2.75, 3.05) is 30.8 Å². The van der Waals surface area contributed by atoms with Crippen molar-refractivity contribution in [2.45, 2.75) is 0 Å². The van der Waals surface area contributed by atoms with Gasteiger partial charge in [0.25, 0.3) is 5.91 Å². The fourth-order valence-corrected chi connectivity index (χ4v) is 1.61. The molecule has 1 aromatic heterocycles. The number of rotatable bonds is 5. The summed E-state index contributed by atoms with van der Waals surface area (Å²) in [5, 5.41) is 8.81. The molecule has 7 nitrogen and oxygen atoms in total. The zero-order chi connectivity index (χ0) is 13.7. The fraction of sp³-hybridized carbons (Fsp3) is 0.250. The number of hydrogen-bond donors (Lipinski definition) is 3. The van der Waals surface area contributed by atoms with Crippen molar-refractivity contribution < 1.29 is 4.79 Å². The third-order valence-electron chi connectivity index (χ3n) is 2.65. The number of nitrogens with one attached hydrogen (secondary N) is 2. The minimum Gasteiger partial charge on any atom is -0.373 e. The fourth-order valence-electron chi connectivity index (χ4n) is 1.61. The van der Waals surface area contributed by atoms with Gasteiger partial charge in [-0.25, -0.2) is 0 Å². The Morgan fingerprint density at radius 3 is 2.79 bits per heavy atom. The summed E-state index contributed by atoms with van der Waals surface area (Å²) in [6.45, 7) is 1.20. The molecule has 19 heavy (non-hydrogen) atoms. The topological polar surface area (TPSA) is 99.9 Å². The first-order valence-electron chi connectivity index (χ1n) is 5.89. The zero-order valence-electron chi connectivity index (χ0n) is 10.6. The lowest BCUT2D eigenvalue weighted by Gasteiger charge is -2.19. The number of hydrogen-bond acceptors (Lipinski definition) is 5. The van der Waals surface area contributed by atoms with E-state index in [9.17, 15) is 4.79 Å². The van der Waals surface area contributed by atoms with Gasteiger partial charge >= 0.3 is 0 Å². The molecule has 7 heteroatoms. The Kier molecular flexibility index (Phi) is 3.97. The Hall–Kier alpha value is -2.57. The van der Waals surface area contributed by atoms with E-state index in [0.717, 1.165) is 5.69 Å². The number of para-hydroxylation sites is 1. The zero-order valence-corrected chi connectivity index (χ0v) is 10.6. The molecule has 0 radical (unpaired) electrons. The van der Waals surface area contributed by atoms with Crippen LogP contribution in [0.1, 0.15) is 10.6 Å². The van der Waals surface area contributed by atoms with Crippen LogP contribution in [-0.4, -0.2) is 41.2 Å². The molecule has 0 aliphatic carbocycles. The quantitative estimate of drug-likeness (QED) is 0.715. The van der Waals surface area contributed by atoms with Gasteiger partial charge in [0.15, 0.2) is 0 Å². The number of aromatic amines is 1. The van der Waals surface area contributed by atoms with Crippen molar-refractivity contribution in [3.8, 4) is 0 Å². The Morgan fingerprint density at radius 2 is 2.16 bits per heavy atom. The van der Waals surface area contributed by atoms with Crippen LogP contribution in [0.15, 0.2) is 30.3 Å². The van der Waals surface area contributed by atoms with Crippen molar-refractivity contribution in [1.29, 1.82) is 0 Å². The van der Waals surface area contributed by atoms with Crippen LogP contribution in [0.5, 0.6) is 0 Å². The van der Waals surface area contributed by atoms with E-state index < -0.39 is 0 Å². The second kappa shape index (κ2) is 5.85. The number of H-pyrrole nitrogens is 1. The molecule has 2 aromatic rings. The van der Waals surface area contributed by atoms with Crippen LogP contribution in [0.4, 0.5) is 11.6 Å². The molecule has 2 rings (SSSR count). The molecular formula is C12H16N6O. The van der Waals surface area contributed by atoms with Gasteiger partial charge in [-0.1, -0.05) is 18.2 Å². The minimum absolute atomic E-state index is 0.0616. The number of anilines is 2. The number of nitrogens with zero attached hydrogens (tertiary/aromatic N) is 3. The SMILES string of the molecule is CN(CCNC(=O)c1nc(N)n[nH]1)c1ccccc1. The highest BCUT2D eigenvalue weighted by Crippen LogP contribution is 2.09. The Morgan fingerprint density at radius 1 is 1.42 bits per heavy atom. The van der Waals surface area contributed by atoms with Gasteiger partial charge in [0.05, 0.1) is 0 Å². The largest absolute Gasteiger partial charge is 0.373 e. The van der Waals surface area contributed by atoms with Crippen LogP contribution in [0.3, 0.4) is 0 Å². The molecule has 1 heterocycles. The van der Waals surface area contributed by atoms with Crippen LogP contribution in [0, 0.1) is 0 Å². The van der Waals surface area contributed by atoms with E-state index in [0.29, 0.717) is 13.1 Å². The summed E-state index contributed by atoms with van der Waals surface area (Å²) < 4.78 is 0. The minimum atomic E-state index is -0.314.